The monoisotopic (exact) mass is 228 g/mol. The van der Waals surface area contributed by atoms with Gasteiger partial charge in [0.2, 0.25) is 5.91 Å². The molecule has 0 bridgehead atoms. The normalized spacial score (nSPS) is 11.9. The Labute approximate surface area is 101 Å². The molecule has 1 amide bonds. The summed E-state index contributed by atoms with van der Waals surface area (Å²) in [6.45, 7) is 12.4. The molecule has 0 saturated carbocycles. The molecule has 0 aliphatic carbocycles. The second-order valence-corrected chi connectivity index (χ2v) is 6.02. The van der Waals surface area contributed by atoms with Crippen molar-refractivity contribution in [2.45, 2.75) is 53.5 Å². The number of hydrogen-bond donors (Lipinski definition) is 1. The van der Waals surface area contributed by atoms with Crippen LogP contribution in [-0.4, -0.2) is 37.0 Å². The van der Waals surface area contributed by atoms with Gasteiger partial charge in [0.15, 0.2) is 0 Å². The number of rotatable bonds is 6. The fraction of sp³-hybridized carbons (Fsp3) is 0.923. The molecule has 0 saturated heterocycles. The summed E-state index contributed by atoms with van der Waals surface area (Å²) in [5.74, 6) is 0.250. The zero-order valence-electron chi connectivity index (χ0n) is 11.8. The van der Waals surface area contributed by atoms with Crippen molar-refractivity contribution in [2.75, 3.05) is 20.1 Å². The molecule has 0 aromatic rings. The molecule has 0 atom stereocenters. The Morgan fingerprint density at radius 1 is 1.31 bits per heavy atom. The molecule has 0 rings (SSSR count). The summed E-state index contributed by atoms with van der Waals surface area (Å²) in [7, 11) is 1.89. The summed E-state index contributed by atoms with van der Waals surface area (Å²) in [6, 6.07) is 0.502. The Balaban J connectivity index is 3.72. The average Bonchev–Trinajstić information content (AvgIpc) is 2.08. The fourth-order valence-electron chi connectivity index (χ4n) is 1.62. The van der Waals surface area contributed by atoms with E-state index < -0.39 is 0 Å². The Bertz CT molecular complexity index is 206. The Morgan fingerprint density at radius 3 is 2.31 bits per heavy atom. The van der Waals surface area contributed by atoms with Gasteiger partial charge >= 0.3 is 0 Å². The Hall–Kier alpha value is -0.570. The molecule has 0 unspecified atom stereocenters. The average molecular weight is 228 g/mol. The van der Waals surface area contributed by atoms with Crippen LogP contribution < -0.4 is 5.32 Å². The summed E-state index contributed by atoms with van der Waals surface area (Å²) in [6.07, 6.45) is 1.57. The first-order valence-corrected chi connectivity index (χ1v) is 6.20. The van der Waals surface area contributed by atoms with E-state index in [1.54, 1.807) is 0 Å². The molecule has 0 aliphatic heterocycles. The van der Waals surface area contributed by atoms with Gasteiger partial charge in [-0.2, -0.15) is 0 Å². The summed E-state index contributed by atoms with van der Waals surface area (Å²) in [5.41, 5.74) is 0.181. The van der Waals surface area contributed by atoms with E-state index in [-0.39, 0.29) is 11.3 Å². The first kappa shape index (κ1) is 15.4. The lowest BCUT2D eigenvalue weighted by atomic mass is 9.96. The number of carbonyl (C=O) groups excluding carboxylic acids is 1. The van der Waals surface area contributed by atoms with Gasteiger partial charge < -0.3 is 10.2 Å². The number of hydrogen-bond acceptors (Lipinski definition) is 2. The highest BCUT2D eigenvalue weighted by molar-refractivity contribution is 5.75. The summed E-state index contributed by atoms with van der Waals surface area (Å²) < 4.78 is 0. The van der Waals surface area contributed by atoms with E-state index in [0.29, 0.717) is 12.5 Å². The van der Waals surface area contributed by atoms with Crippen molar-refractivity contribution in [1.29, 1.82) is 0 Å². The smallest absolute Gasteiger partial charge is 0.222 e. The molecule has 3 heteroatoms. The molecule has 0 heterocycles. The van der Waals surface area contributed by atoms with Gasteiger partial charge in [0.1, 0.15) is 0 Å². The molecule has 0 aliphatic rings. The van der Waals surface area contributed by atoms with Crippen molar-refractivity contribution in [3.8, 4) is 0 Å². The molecule has 0 aromatic carbocycles. The van der Waals surface area contributed by atoms with E-state index >= 15 is 0 Å². The molecular weight excluding hydrogens is 200 g/mol. The predicted octanol–water partition coefficient (Wildman–Crippen LogP) is 2.27. The minimum Gasteiger partial charge on any atom is -0.345 e. The van der Waals surface area contributed by atoms with Crippen LogP contribution in [0.1, 0.15) is 47.5 Å². The largest absolute Gasteiger partial charge is 0.345 e. The molecule has 0 fully saturated rings. The zero-order valence-corrected chi connectivity index (χ0v) is 11.8. The number of nitrogens with one attached hydrogen (secondary N) is 1. The van der Waals surface area contributed by atoms with Crippen LogP contribution in [0.15, 0.2) is 0 Å². The fourth-order valence-corrected chi connectivity index (χ4v) is 1.62. The van der Waals surface area contributed by atoms with Crippen LogP contribution in [0, 0.1) is 5.41 Å². The van der Waals surface area contributed by atoms with Crippen molar-refractivity contribution >= 4 is 5.91 Å². The van der Waals surface area contributed by atoms with Gasteiger partial charge in [0.25, 0.3) is 0 Å². The number of nitrogens with zero attached hydrogens (tertiary/aromatic N) is 1. The molecule has 0 spiro atoms. The van der Waals surface area contributed by atoms with Gasteiger partial charge in [-0.15, -0.1) is 0 Å². The molecule has 0 aromatic heterocycles. The lowest BCUT2D eigenvalue weighted by molar-refractivity contribution is -0.131. The van der Waals surface area contributed by atoms with Crippen LogP contribution in [0.5, 0.6) is 0 Å². The van der Waals surface area contributed by atoms with Gasteiger partial charge in [-0.1, -0.05) is 34.6 Å². The molecular formula is C13H28N2O. The lowest BCUT2D eigenvalue weighted by Gasteiger charge is -2.26. The second kappa shape index (κ2) is 6.89. The minimum atomic E-state index is 0.181. The quantitative estimate of drug-likeness (QED) is 0.707. The zero-order chi connectivity index (χ0) is 12.8. The predicted molar refractivity (Wildman–Crippen MR) is 69.5 cm³/mol. The maximum Gasteiger partial charge on any atom is 0.222 e. The molecule has 1 N–H and O–H groups in total. The summed E-state index contributed by atoms with van der Waals surface area (Å²) >= 11 is 0. The van der Waals surface area contributed by atoms with E-state index in [4.69, 9.17) is 0 Å². The maximum absolute atomic E-state index is 11.8. The van der Waals surface area contributed by atoms with Crippen molar-refractivity contribution in [3.05, 3.63) is 0 Å². The van der Waals surface area contributed by atoms with Crippen LogP contribution in [0.3, 0.4) is 0 Å². The van der Waals surface area contributed by atoms with Crippen LogP contribution in [0.2, 0.25) is 0 Å². The van der Waals surface area contributed by atoms with Crippen molar-refractivity contribution in [1.82, 2.24) is 10.2 Å². The molecule has 16 heavy (non-hydrogen) atoms. The van der Waals surface area contributed by atoms with E-state index in [1.165, 1.54) is 0 Å². The second-order valence-electron chi connectivity index (χ2n) is 6.02. The first-order chi connectivity index (χ1) is 7.22. The lowest BCUT2D eigenvalue weighted by Crippen LogP contribution is -2.35. The van der Waals surface area contributed by atoms with Crippen LogP contribution in [-0.2, 0) is 4.79 Å². The van der Waals surface area contributed by atoms with E-state index in [9.17, 15) is 4.79 Å². The number of amides is 1. The third-order valence-corrected chi connectivity index (χ3v) is 2.26. The van der Waals surface area contributed by atoms with E-state index in [2.05, 4.69) is 39.9 Å². The Morgan fingerprint density at radius 2 is 1.88 bits per heavy atom. The highest BCUT2D eigenvalue weighted by Crippen LogP contribution is 2.14. The highest BCUT2D eigenvalue weighted by Gasteiger charge is 2.16. The van der Waals surface area contributed by atoms with Gasteiger partial charge in [-0.25, -0.2) is 0 Å². The van der Waals surface area contributed by atoms with E-state index in [0.717, 1.165) is 19.5 Å². The number of carbonyl (C=O) groups is 1. The minimum absolute atomic E-state index is 0.181. The van der Waals surface area contributed by atoms with Crippen LogP contribution in [0.25, 0.3) is 0 Å². The maximum atomic E-state index is 11.8. The van der Waals surface area contributed by atoms with Gasteiger partial charge in [-0.3, -0.25) is 4.79 Å². The molecule has 0 radical (unpaired) electrons. The standard InChI is InChI=1S/C13H28N2O/c1-11(2)14-9-7-8-12(16)15(6)10-13(3,4)5/h11,14H,7-10H2,1-6H3. The van der Waals surface area contributed by atoms with Gasteiger partial charge in [0.05, 0.1) is 0 Å². The first-order valence-electron chi connectivity index (χ1n) is 6.20. The van der Waals surface area contributed by atoms with Gasteiger partial charge in [-0.05, 0) is 18.4 Å². The third kappa shape index (κ3) is 8.72. The molecule has 3 nitrogen and oxygen atoms in total. The van der Waals surface area contributed by atoms with E-state index in [1.807, 2.05) is 11.9 Å². The van der Waals surface area contributed by atoms with Gasteiger partial charge in [0, 0.05) is 26.1 Å². The van der Waals surface area contributed by atoms with Crippen molar-refractivity contribution in [2.24, 2.45) is 5.41 Å². The SMILES string of the molecule is CC(C)NCCCC(=O)N(C)CC(C)(C)C. The highest BCUT2D eigenvalue weighted by atomic mass is 16.2. The van der Waals surface area contributed by atoms with Crippen LogP contribution in [0.4, 0.5) is 0 Å². The van der Waals surface area contributed by atoms with Crippen molar-refractivity contribution < 1.29 is 4.79 Å². The topological polar surface area (TPSA) is 32.3 Å². The molecule has 96 valence electrons. The van der Waals surface area contributed by atoms with Crippen LogP contribution >= 0.6 is 0 Å². The Kier molecular flexibility index (Phi) is 6.65. The van der Waals surface area contributed by atoms with Crippen molar-refractivity contribution in [3.63, 3.8) is 0 Å². The summed E-state index contributed by atoms with van der Waals surface area (Å²) in [5, 5.41) is 3.32. The summed E-state index contributed by atoms with van der Waals surface area (Å²) in [4.78, 5) is 13.6. The third-order valence-electron chi connectivity index (χ3n) is 2.26.